The van der Waals surface area contributed by atoms with Crippen molar-refractivity contribution in [2.24, 2.45) is 11.6 Å². The quantitative estimate of drug-likeness (QED) is 0.289. The smallest absolute Gasteiger partial charge is 0.271 e. The van der Waals surface area contributed by atoms with E-state index in [2.05, 4.69) is 11.8 Å². The summed E-state index contributed by atoms with van der Waals surface area (Å²) in [5, 5.41) is 0. The number of nitrogens with two attached hydrogens (primary N) is 2. The van der Waals surface area contributed by atoms with Gasteiger partial charge in [0, 0.05) is 13.0 Å². The van der Waals surface area contributed by atoms with Crippen molar-refractivity contribution in [3.05, 3.63) is 29.8 Å². The average Bonchev–Trinajstić information content (AvgIpc) is 2.37. The molecule has 1 aromatic carbocycles. The Labute approximate surface area is 100 Å². The molecule has 0 saturated carbocycles. The third-order valence-corrected chi connectivity index (χ3v) is 1.90. The first kappa shape index (κ1) is 13.0. The number of hydrogen-bond acceptors (Lipinski definition) is 4. The molecule has 1 aromatic rings. The van der Waals surface area contributed by atoms with Crippen LogP contribution in [0, 0.1) is 11.8 Å². The van der Waals surface area contributed by atoms with Crippen LogP contribution in [0.15, 0.2) is 24.3 Å². The molecule has 0 fully saturated rings. The van der Waals surface area contributed by atoms with Crippen molar-refractivity contribution in [3.8, 4) is 17.6 Å². The summed E-state index contributed by atoms with van der Waals surface area (Å²) in [6, 6.07) is 7.22. The second-order valence-corrected chi connectivity index (χ2v) is 3.19. The van der Waals surface area contributed by atoms with Crippen molar-refractivity contribution in [2.45, 2.75) is 6.42 Å². The number of benzene rings is 1. The Morgan fingerprint density at radius 1 is 1.41 bits per heavy atom. The third kappa shape index (κ3) is 4.55. The number of ether oxygens (including phenoxy) is 1. The number of hydrazine groups is 1. The molecule has 0 atom stereocenters. The first-order chi connectivity index (χ1) is 8.27. The lowest BCUT2D eigenvalue weighted by Crippen LogP contribution is -2.34. The molecule has 0 heterocycles. The van der Waals surface area contributed by atoms with E-state index in [0.717, 1.165) is 5.56 Å². The third-order valence-electron chi connectivity index (χ3n) is 1.90. The number of carbonyl (C=O) groups is 1. The second kappa shape index (κ2) is 7.28. The highest BCUT2D eigenvalue weighted by Crippen LogP contribution is 2.16. The molecule has 0 spiro atoms. The normalized spacial score (nSPS) is 9.06. The molecule has 0 saturated heterocycles. The van der Waals surface area contributed by atoms with Gasteiger partial charge in [-0.25, -0.2) is 5.84 Å². The van der Waals surface area contributed by atoms with Crippen LogP contribution in [0.3, 0.4) is 0 Å². The highest BCUT2D eigenvalue weighted by Gasteiger charge is 2.03. The van der Waals surface area contributed by atoms with E-state index in [1.54, 1.807) is 6.07 Å². The van der Waals surface area contributed by atoms with Gasteiger partial charge in [-0.15, -0.1) is 0 Å². The summed E-state index contributed by atoms with van der Waals surface area (Å²) in [6.45, 7) is 0.387. The van der Waals surface area contributed by atoms with Gasteiger partial charge in [-0.3, -0.25) is 10.2 Å². The zero-order valence-electron chi connectivity index (χ0n) is 9.40. The predicted molar refractivity (Wildman–Crippen MR) is 64.8 cm³/mol. The largest absolute Gasteiger partial charge is 0.482 e. The fourth-order valence-electron chi connectivity index (χ4n) is 1.11. The van der Waals surface area contributed by atoms with Crippen molar-refractivity contribution < 1.29 is 9.53 Å². The summed E-state index contributed by atoms with van der Waals surface area (Å²) in [6.07, 6.45) is 0.623. The van der Waals surface area contributed by atoms with Crippen molar-refractivity contribution >= 4 is 5.91 Å². The fraction of sp³-hybridized carbons (Fsp3) is 0.250. The minimum Gasteiger partial charge on any atom is -0.482 e. The fourth-order valence-corrected chi connectivity index (χ4v) is 1.11. The highest BCUT2D eigenvalue weighted by molar-refractivity contribution is 5.76. The minimum absolute atomic E-state index is 0.133. The maximum absolute atomic E-state index is 10.9. The van der Waals surface area contributed by atoms with Crippen LogP contribution in [0.1, 0.15) is 12.0 Å². The Morgan fingerprint density at radius 3 is 2.88 bits per heavy atom. The number of nitrogens with one attached hydrogen (secondary N) is 1. The van der Waals surface area contributed by atoms with Gasteiger partial charge >= 0.3 is 0 Å². The van der Waals surface area contributed by atoms with Crippen LogP contribution >= 0.6 is 0 Å². The van der Waals surface area contributed by atoms with E-state index in [1.807, 2.05) is 23.6 Å². The lowest BCUT2D eigenvalue weighted by molar-refractivity contribution is -0.123. The lowest BCUT2D eigenvalue weighted by atomic mass is 10.2. The van der Waals surface area contributed by atoms with E-state index in [0.29, 0.717) is 18.7 Å². The van der Waals surface area contributed by atoms with E-state index >= 15 is 0 Å². The minimum atomic E-state index is -0.394. The molecule has 0 aliphatic carbocycles. The van der Waals surface area contributed by atoms with Crippen LogP contribution in [-0.4, -0.2) is 19.1 Å². The molecule has 0 bridgehead atoms. The van der Waals surface area contributed by atoms with Crippen LogP contribution in [-0.2, 0) is 4.79 Å². The van der Waals surface area contributed by atoms with Gasteiger partial charge in [0.15, 0.2) is 6.61 Å². The van der Waals surface area contributed by atoms with E-state index in [-0.39, 0.29) is 6.61 Å². The van der Waals surface area contributed by atoms with Crippen LogP contribution in [0.25, 0.3) is 0 Å². The molecule has 1 amide bonds. The van der Waals surface area contributed by atoms with Gasteiger partial charge in [-0.2, -0.15) is 0 Å². The Bertz CT molecular complexity index is 435. The maximum atomic E-state index is 10.9. The number of rotatable bonds is 4. The second-order valence-electron chi connectivity index (χ2n) is 3.19. The summed E-state index contributed by atoms with van der Waals surface area (Å²) >= 11 is 0. The molecule has 5 nitrogen and oxygen atoms in total. The van der Waals surface area contributed by atoms with Crippen molar-refractivity contribution in [3.63, 3.8) is 0 Å². The van der Waals surface area contributed by atoms with Gasteiger partial charge < -0.3 is 10.5 Å². The SMILES string of the molecule is NCCC#Cc1ccccc1OCC(=O)NN. The van der Waals surface area contributed by atoms with Crippen LogP contribution in [0.4, 0.5) is 0 Å². The zero-order valence-corrected chi connectivity index (χ0v) is 9.40. The van der Waals surface area contributed by atoms with Gasteiger partial charge in [0.2, 0.25) is 0 Å². The van der Waals surface area contributed by atoms with Gasteiger partial charge in [-0.1, -0.05) is 24.0 Å². The summed E-state index contributed by atoms with van der Waals surface area (Å²) < 4.78 is 5.29. The number of carbonyl (C=O) groups excluding carboxylic acids is 1. The molecule has 0 aliphatic rings. The molecule has 17 heavy (non-hydrogen) atoms. The van der Waals surface area contributed by atoms with E-state index in [1.165, 1.54) is 0 Å². The Hall–Kier alpha value is -2.03. The Morgan fingerprint density at radius 2 is 2.18 bits per heavy atom. The van der Waals surface area contributed by atoms with Crippen molar-refractivity contribution in [1.29, 1.82) is 0 Å². The highest BCUT2D eigenvalue weighted by atomic mass is 16.5. The average molecular weight is 233 g/mol. The van der Waals surface area contributed by atoms with Crippen molar-refractivity contribution in [1.82, 2.24) is 5.43 Å². The van der Waals surface area contributed by atoms with Gasteiger partial charge in [-0.05, 0) is 12.1 Å². The number of para-hydroxylation sites is 1. The van der Waals surface area contributed by atoms with Crippen molar-refractivity contribution in [2.75, 3.05) is 13.2 Å². The summed E-state index contributed by atoms with van der Waals surface area (Å²) in [5.74, 6) is 11.0. The summed E-state index contributed by atoms with van der Waals surface area (Å²) in [7, 11) is 0. The summed E-state index contributed by atoms with van der Waals surface area (Å²) in [4.78, 5) is 10.9. The Balaban J connectivity index is 2.71. The van der Waals surface area contributed by atoms with Crippen LogP contribution < -0.4 is 21.7 Å². The first-order valence-corrected chi connectivity index (χ1v) is 5.18. The number of hydrogen-bond donors (Lipinski definition) is 3. The Kier molecular flexibility index (Phi) is 5.58. The monoisotopic (exact) mass is 233 g/mol. The first-order valence-electron chi connectivity index (χ1n) is 5.18. The van der Waals surface area contributed by atoms with E-state index in [4.69, 9.17) is 16.3 Å². The van der Waals surface area contributed by atoms with Gasteiger partial charge in [0.1, 0.15) is 5.75 Å². The molecule has 0 radical (unpaired) electrons. The molecular weight excluding hydrogens is 218 g/mol. The van der Waals surface area contributed by atoms with Crippen LogP contribution in [0.2, 0.25) is 0 Å². The van der Waals surface area contributed by atoms with Gasteiger partial charge in [0.05, 0.1) is 5.56 Å². The molecule has 5 N–H and O–H groups in total. The molecular formula is C12H15N3O2. The molecule has 90 valence electrons. The molecule has 0 aliphatic heterocycles. The topological polar surface area (TPSA) is 90.4 Å². The van der Waals surface area contributed by atoms with E-state index < -0.39 is 5.91 Å². The summed E-state index contributed by atoms with van der Waals surface area (Å²) in [5.41, 5.74) is 8.06. The maximum Gasteiger partial charge on any atom is 0.271 e. The van der Waals surface area contributed by atoms with E-state index in [9.17, 15) is 4.79 Å². The predicted octanol–water partition coefficient (Wildman–Crippen LogP) is -0.244. The molecule has 1 rings (SSSR count). The number of amides is 1. The van der Waals surface area contributed by atoms with Crippen LogP contribution in [0.5, 0.6) is 5.75 Å². The molecule has 0 unspecified atom stereocenters. The zero-order chi connectivity index (χ0) is 12.5. The lowest BCUT2D eigenvalue weighted by Gasteiger charge is -2.06. The standard InChI is InChI=1S/C12H15N3O2/c13-8-4-3-6-10-5-1-2-7-11(10)17-9-12(16)15-14/h1-2,5,7H,4,8-9,13-14H2,(H,15,16). The molecule has 5 heteroatoms. The molecule has 0 aromatic heterocycles. The van der Waals surface area contributed by atoms with Gasteiger partial charge in [0.25, 0.3) is 5.91 Å².